The molecule has 1 aliphatic carbocycles. The maximum absolute atomic E-state index is 14.3. The first-order valence-electron chi connectivity index (χ1n) is 15.7. The van der Waals surface area contributed by atoms with Gasteiger partial charge in [0.2, 0.25) is 23.6 Å². The van der Waals surface area contributed by atoms with Gasteiger partial charge in [-0.25, -0.2) is 14.6 Å². The number of pyridine rings is 1. The Morgan fingerprint density at radius 3 is 2.48 bits per heavy atom. The standard InChI is InChI=1S/C33H42N8O5/c1-19(2)27-16-40(33(45)24-15-23-12-9-13-25(23)38-32(24)46-5)17-28(42)36-26(14-22-10-7-6-8-11-22)30-35-21(4)39-41(30)18-29(43)34-20(3)31(44)37-27/h6-8,10-11,15,19-20,26-27H,9,12-14,16-18H2,1-5H3,(H,34,43)(H,36,42)(H,37,44)/t20-,26+,27-/m1/s1. The van der Waals surface area contributed by atoms with Crippen molar-refractivity contribution in [3.63, 3.8) is 0 Å². The molecule has 13 heteroatoms. The van der Waals surface area contributed by atoms with Crippen molar-refractivity contribution in [2.45, 2.75) is 78.0 Å². The van der Waals surface area contributed by atoms with Gasteiger partial charge in [-0.3, -0.25) is 19.2 Å². The van der Waals surface area contributed by atoms with E-state index < -0.39 is 41.8 Å². The number of carbonyl (C=O) groups is 4. The van der Waals surface area contributed by atoms with Gasteiger partial charge in [-0.1, -0.05) is 44.2 Å². The molecule has 0 unspecified atom stereocenters. The molecule has 2 aromatic heterocycles. The number of nitrogens with one attached hydrogen (secondary N) is 3. The Morgan fingerprint density at radius 1 is 1.02 bits per heavy atom. The van der Waals surface area contributed by atoms with E-state index in [9.17, 15) is 19.2 Å². The average molecular weight is 631 g/mol. The highest BCUT2D eigenvalue weighted by Gasteiger charge is 2.32. The summed E-state index contributed by atoms with van der Waals surface area (Å²) in [6, 6.07) is 9.36. The lowest BCUT2D eigenvalue weighted by Gasteiger charge is -2.31. The second kappa shape index (κ2) is 14.1. The van der Waals surface area contributed by atoms with Crippen LogP contribution in [0.3, 0.4) is 0 Å². The zero-order chi connectivity index (χ0) is 33.0. The number of methoxy groups -OCH3 is 1. The van der Waals surface area contributed by atoms with Gasteiger partial charge in [0.25, 0.3) is 5.91 Å². The molecular weight excluding hydrogens is 588 g/mol. The number of aromatic nitrogens is 4. The Labute approximate surface area is 268 Å². The third kappa shape index (κ3) is 7.52. The average Bonchev–Trinajstić information content (AvgIpc) is 3.63. The predicted octanol–water partition coefficient (Wildman–Crippen LogP) is 1.68. The van der Waals surface area contributed by atoms with Crippen LogP contribution < -0.4 is 20.7 Å². The molecular formula is C33H42N8O5. The second-order valence-corrected chi connectivity index (χ2v) is 12.3. The SMILES string of the molecule is COc1nc2c(cc1C(=O)N1CC(=O)N[C@@H](Cc3ccccc3)c3nc(C)nn3CC(=O)N[C@H](C)C(=O)N[C@@H](C(C)C)C1)CCC2. The van der Waals surface area contributed by atoms with Crippen molar-refractivity contribution in [3.05, 3.63) is 70.4 Å². The molecule has 5 rings (SSSR count). The second-order valence-electron chi connectivity index (χ2n) is 12.3. The van der Waals surface area contributed by atoms with Gasteiger partial charge in [-0.05, 0) is 62.6 Å². The zero-order valence-corrected chi connectivity index (χ0v) is 27.0. The fourth-order valence-corrected chi connectivity index (χ4v) is 5.92. The highest BCUT2D eigenvalue weighted by molar-refractivity contribution is 5.99. The summed E-state index contributed by atoms with van der Waals surface area (Å²) in [5.74, 6) is -0.795. The van der Waals surface area contributed by atoms with E-state index in [1.165, 1.54) is 16.7 Å². The third-order valence-electron chi connectivity index (χ3n) is 8.41. The first-order chi connectivity index (χ1) is 22.0. The third-order valence-corrected chi connectivity index (χ3v) is 8.41. The van der Waals surface area contributed by atoms with Gasteiger partial charge in [0.05, 0.1) is 19.7 Å². The minimum absolute atomic E-state index is 0.0369. The summed E-state index contributed by atoms with van der Waals surface area (Å²) in [7, 11) is 1.47. The van der Waals surface area contributed by atoms with Crippen LogP contribution in [0, 0.1) is 12.8 Å². The quantitative estimate of drug-likeness (QED) is 0.384. The van der Waals surface area contributed by atoms with Crippen molar-refractivity contribution in [2.24, 2.45) is 5.92 Å². The highest BCUT2D eigenvalue weighted by atomic mass is 16.5. The Bertz CT molecular complexity index is 1600. The summed E-state index contributed by atoms with van der Waals surface area (Å²) in [6.07, 6.45) is 2.93. The monoisotopic (exact) mass is 630 g/mol. The highest BCUT2D eigenvalue weighted by Crippen LogP contribution is 2.28. The van der Waals surface area contributed by atoms with Crippen LogP contribution in [0.5, 0.6) is 5.88 Å². The number of fused-ring (bicyclic) bond motifs is 2. The van der Waals surface area contributed by atoms with E-state index in [1.54, 1.807) is 13.8 Å². The van der Waals surface area contributed by atoms with Crippen LogP contribution in [0.15, 0.2) is 36.4 Å². The summed E-state index contributed by atoms with van der Waals surface area (Å²) >= 11 is 0. The van der Waals surface area contributed by atoms with Gasteiger partial charge in [0.1, 0.15) is 24.0 Å². The number of aryl methyl sites for hydroxylation is 3. The van der Waals surface area contributed by atoms with E-state index in [0.717, 1.165) is 36.1 Å². The lowest BCUT2D eigenvalue weighted by molar-refractivity contribution is -0.129. The van der Waals surface area contributed by atoms with E-state index in [-0.39, 0.29) is 37.0 Å². The summed E-state index contributed by atoms with van der Waals surface area (Å²) in [6.45, 7) is 6.69. The number of hydrogen-bond donors (Lipinski definition) is 3. The van der Waals surface area contributed by atoms with Crippen LogP contribution in [-0.2, 0) is 40.2 Å². The van der Waals surface area contributed by atoms with E-state index in [0.29, 0.717) is 18.1 Å². The predicted molar refractivity (Wildman–Crippen MR) is 169 cm³/mol. The smallest absolute Gasteiger partial charge is 0.259 e. The molecule has 0 saturated heterocycles. The van der Waals surface area contributed by atoms with Crippen molar-refractivity contribution in [1.82, 2.24) is 40.6 Å². The molecule has 0 spiro atoms. The number of carbonyl (C=O) groups excluding carboxylic acids is 4. The van der Waals surface area contributed by atoms with Crippen LogP contribution in [0.4, 0.5) is 0 Å². The molecule has 0 saturated carbocycles. The van der Waals surface area contributed by atoms with Gasteiger partial charge >= 0.3 is 0 Å². The molecule has 4 amide bonds. The number of ether oxygens (including phenoxy) is 1. The summed E-state index contributed by atoms with van der Waals surface area (Å²) < 4.78 is 6.99. The maximum atomic E-state index is 14.3. The number of benzene rings is 1. The Hall–Kier alpha value is -4.81. The summed E-state index contributed by atoms with van der Waals surface area (Å²) in [5, 5.41) is 13.2. The van der Waals surface area contributed by atoms with Crippen molar-refractivity contribution < 1.29 is 23.9 Å². The lowest BCUT2D eigenvalue weighted by atomic mass is 10.0. The van der Waals surface area contributed by atoms with Gasteiger partial charge in [-0.2, -0.15) is 5.10 Å². The van der Waals surface area contributed by atoms with Gasteiger partial charge in [0, 0.05) is 18.3 Å². The fourth-order valence-electron chi connectivity index (χ4n) is 5.92. The molecule has 1 aromatic carbocycles. The van der Waals surface area contributed by atoms with Crippen LogP contribution in [-0.4, -0.2) is 80.6 Å². The minimum Gasteiger partial charge on any atom is -0.480 e. The minimum atomic E-state index is -0.864. The van der Waals surface area contributed by atoms with Crippen LogP contribution in [0.1, 0.15) is 72.1 Å². The molecule has 3 N–H and O–H groups in total. The van der Waals surface area contributed by atoms with E-state index in [1.807, 2.05) is 50.2 Å². The molecule has 46 heavy (non-hydrogen) atoms. The van der Waals surface area contributed by atoms with E-state index in [4.69, 9.17) is 4.74 Å². The maximum Gasteiger partial charge on any atom is 0.259 e. The first-order valence-corrected chi connectivity index (χ1v) is 15.7. The van der Waals surface area contributed by atoms with Gasteiger partial charge < -0.3 is 25.6 Å². The summed E-state index contributed by atoms with van der Waals surface area (Å²) in [5.41, 5.74) is 3.10. The molecule has 244 valence electrons. The van der Waals surface area contributed by atoms with Crippen molar-refractivity contribution >= 4 is 23.6 Å². The Balaban J connectivity index is 1.55. The molecule has 0 fully saturated rings. The van der Waals surface area contributed by atoms with Crippen molar-refractivity contribution in [2.75, 3.05) is 20.2 Å². The molecule has 0 bridgehead atoms. The Morgan fingerprint density at radius 2 is 1.76 bits per heavy atom. The first kappa shape index (κ1) is 32.6. The van der Waals surface area contributed by atoms with E-state index in [2.05, 4.69) is 31.0 Å². The zero-order valence-electron chi connectivity index (χ0n) is 27.0. The van der Waals surface area contributed by atoms with Crippen molar-refractivity contribution in [1.29, 1.82) is 0 Å². The number of hydrogen-bond acceptors (Lipinski definition) is 8. The van der Waals surface area contributed by atoms with Crippen LogP contribution in [0.2, 0.25) is 0 Å². The number of amides is 4. The molecule has 13 nitrogen and oxygen atoms in total. The topological polar surface area (TPSA) is 160 Å². The van der Waals surface area contributed by atoms with Crippen molar-refractivity contribution in [3.8, 4) is 5.88 Å². The molecule has 2 aliphatic rings. The Kier molecular flexibility index (Phi) is 9.98. The largest absolute Gasteiger partial charge is 0.480 e. The molecule has 3 atom stereocenters. The fraction of sp³-hybridized carbons (Fsp3) is 0.485. The normalized spacial score (nSPS) is 21.0. The summed E-state index contributed by atoms with van der Waals surface area (Å²) in [4.78, 5) is 65.2. The van der Waals surface area contributed by atoms with Crippen LogP contribution >= 0.6 is 0 Å². The lowest BCUT2D eigenvalue weighted by Crippen LogP contribution is -2.54. The van der Waals surface area contributed by atoms with Crippen LogP contribution in [0.25, 0.3) is 0 Å². The number of nitrogens with zero attached hydrogens (tertiary/aromatic N) is 5. The molecule has 3 aromatic rings. The molecule has 3 heterocycles. The van der Waals surface area contributed by atoms with Gasteiger partial charge in [-0.15, -0.1) is 0 Å². The molecule has 1 aliphatic heterocycles. The van der Waals surface area contributed by atoms with Gasteiger partial charge in [0.15, 0.2) is 5.82 Å². The van der Waals surface area contributed by atoms with E-state index >= 15 is 0 Å². The number of rotatable bonds is 5. The molecule has 0 radical (unpaired) electrons.